The molecule has 0 heterocycles. The first-order valence-electron chi connectivity index (χ1n) is 6.94. The van der Waals surface area contributed by atoms with Gasteiger partial charge in [0.05, 0.1) is 32.0 Å². The van der Waals surface area contributed by atoms with E-state index < -0.39 is 5.97 Å². The van der Waals surface area contributed by atoms with Crippen molar-refractivity contribution in [3.05, 3.63) is 54.1 Å². The van der Waals surface area contributed by atoms with Crippen LogP contribution in [0.1, 0.15) is 10.4 Å². The molecule has 0 aliphatic carbocycles. The maximum atomic E-state index is 11.6. The summed E-state index contributed by atoms with van der Waals surface area (Å²) in [4.78, 5) is 11.6. The van der Waals surface area contributed by atoms with Gasteiger partial charge in [0.1, 0.15) is 11.5 Å². The molecule has 0 aromatic heterocycles. The van der Waals surface area contributed by atoms with E-state index in [1.807, 2.05) is 18.2 Å². The van der Waals surface area contributed by atoms with E-state index in [1.165, 1.54) is 14.2 Å². The molecule has 2 aromatic rings. The number of carbonyl (C=O) groups excluding carboxylic acids is 1. The van der Waals surface area contributed by atoms with Crippen LogP contribution >= 0.6 is 0 Å². The Kier molecular flexibility index (Phi) is 5.57. The third-order valence-corrected chi connectivity index (χ3v) is 3.04. The highest BCUT2D eigenvalue weighted by atomic mass is 16.5. The molecule has 0 saturated heterocycles. The number of para-hydroxylation sites is 1. The minimum absolute atomic E-state index is 0.0433. The van der Waals surface area contributed by atoms with Crippen LogP contribution in [-0.2, 0) is 4.74 Å². The van der Waals surface area contributed by atoms with Crippen LogP contribution in [0.25, 0.3) is 0 Å². The molecule has 120 valence electrons. The fourth-order valence-electron chi connectivity index (χ4n) is 1.93. The van der Waals surface area contributed by atoms with Crippen molar-refractivity contribution in [3.8, 4) is 11.5 Å². The Balaban J connectivity index is 2.03. The largest absolute Gasteiger partial charge is 0.495 e. The molecule has 0 aliphatic heterocycles. The Hall–Kier alpha value is -3.02. The molecule has 6 heteroatoms. The lowest BCUT2D eigenvalue weighted by molar-refractivity contribution is 0.0601. The summed E-state index contributed by atoms with van der Waals surface area (Å²) in [5.41, 5.74) is 0.975. The van der Waals surface area contributed by atoms with Gasteiger partial charge in [-0.15, -0.1) is 0 Å². The molecule has 2 rings (SSSR count). The van der Waals surface area contributed by atoms with Gasteiger partial charge in [0.2, 0.25) is 5.90 Å². The van der Waals surface area contributed by atoms with Crippen molar-refractivity contribution < 1.29 is 19.0 Å². The molecule has 0 radical (unpaired) electrons. The van der Waals surface area contributed by atoms with Gasteiger partial charge >= 0.3 is 5.97 Å². The van der Waals surface area contributed by atoms with E-state index in [2.05, 4.69) is 5.32 Å². The average Bonchev–Trinajstić information content (AvgIpc) is 2.59. The lowest BCUT2D eigenvalue weighted by atomic mass is 10.2. The van der Waals surface area contributed by atoms with Gasteiger partial charge in [-0.2, -0.15) is 0 Å². The van der Waals surface area contributed by atoms with Gasteiger partial charge < -0.3 is 19.5 Å². The predicted molar refractivity (Wildman–Crippen MR) is 87.6 cm³/mol. The Bertz CT molecular complexity index is 686. The summed E-state index contributed by atoms with van der Waals surface area (Å²) < 4.78 is 15.3. The third kappa shape index (κ3) is 4.47. The first kappa shape index (κ1) is 16.4. The van der Waals surface area contributed by atoms with Crippen molar-refractivity contribution in [2.75, 3.05) is 26.1 Å². The van der Waals surface area contributed by atoms with E-state index in [0.29, 0.717) is 22.7 Å². The van der Waals surface area contributed by atoms with E-state index in [0.717, 1.165) is 0 Å². The SMILES string of the molecule is COC(=O)c1ccc(OC)c(NCC(=N)Oc2ccccc2)c1. The standard InChI is InChI=1S/C17H18N2O4/c1-21-15-9-8-12(17(20)22-2)10-14(15)19-11-16(18)23-13-6-4-3-5-7-13/h3-10,18-19H,11H2,1-2H3. The molecule has 2 aromatic carbocycles. The molecule has 6 nitrogen and oxygen atoms in total. The molecule has 0 amide bonds. The zero-order valence-electron chi connectivity index (χ0n) is 13.0. The van der Waals surface area contributed by atoms with E-state index in [4.69, 9.17) is 19.6 Å². The molecular formula is C17H18N2O4. The summed E-state index contributed by atoms with van der Waals surface area (Å²) in [5.74, 6) is 0.757. The minimum Gasteiger partial charge on any atom is -0.495 e. The number of anilines is 1. The normalized spacial score (nSPS) is 9.83. The second kappa shape index (κ2) is 7.84. The van der Waals surface area contributed by atoms with Crippen LogP contribution < -0.4 is 14.8 Å². The summed E-state index contributed by atoms with van der Waals surface area (Å²) in [6.07, 6.45) is 0. The Labute approximate surface area is 134 Å². The summed E-state index contributed by atoms with van der Waals surface area (Å²) in [6, 6.07) is 14.0. The number of esters is 1. The number of benzene rings is 2. The van der Waals surface area contributed by atoms with Gasteiger partial charge in [-0.3, -0.25) is 5.41 Å². The molecule has 0 aliphatic rings. The van der Waals surface area contributed by atoms with Gasteiger partial charge in [-0.05, 0) is 30.3 Å². The first-order valence-corrected chi connectivity index (χ1v) is 6.94. The highest BCUT2D eigenvalue weighted by Crippen LogP contribution is 2.25. The van der Waals surface area contributed by atoms with Crippen LogP contribution in [0.15, 0.2) is 48.5 Å². The summed E-state index contributed by atoms with van der Waals surface area (Å²) in [5, 5.41) is 10.9. The van der Waals surface area contributed by atoms with Crippen LogP contribution in [0.2, 0.25) is 0 Å². The summed E-state index contributed by atoms with van der Waals surface area (Å²) >= 11 is 0. The average molecular weight is 314 g/mol. The highest BCUT2D eigenvalue weighted by molar-refractivity contribution is 5.91. The smallest absolute Gasteiger partial charge is 0.337 e. The molecule has 0 bridgehead atoms. The fourth-order valence-corrected chi connectivity index (χ4v) is 1.93. The summed E-state index contributed by atoms with van der Waals surface area (Å²) in [6.45, 7) is 0.149. The van der Waals surface area contributed by atoms with Crippen LogP contribution in [0.4, 0.5) is 5.69 Å². The lowest BCUT2D eigenvalue weighted by Gasteiger charge is -2.13. The van der Waals surface area contributed by atoms with Crippen LogP contribution in [0.3, 0.4) is 0 Å². The molecule has 0 fully saturated rings. The van der Waals surface area contributed by atoms with Gasteiger partial charge in [0.25, 0.3) is 0 Å². The van der Waals surface area contributed by atoms with Crippen molar-refractivity contribution in [1.29, 1.82) is 5.41 Å². The van der Waals surface area contributed by atoms with Gasteiger partial charge in [-0.1, -0.05) is 18.2 Å². The highest BCUT2D eigenvalue weighted by Gasteiger charge is 2.11. The number of ether oxygens (including phenoxy) is 3. The van der Waals surface area contributed by atoms with E-state index in [9.17, 15) is 4.79 Å². The van der Waals surface area contributed by atoms with Gasteiger partial charge in [0.15, 0.2) is 0 Å². The van der Waals surface area contributed by atoms with Crippen molar-refractivity contribution in [3.63, 3.8) is 0 Å². The molecular weight excluding hydrogens is 296 g/mol. The molecule has 0 saturated carbocycles. The summed E-state index contributed by atoms with van der Waals surface area (Å²) in [7, 11) is 2.85. The third-order valence-electron chi connectivity index (χ3n) is 3.04. The fraction of sp³-hybridized carbons (Fsp3) is 0.176. The first-order chi connectivity index (χ1) is 11.1. The zero-order chi connectivity index (χ0) is 16.7. The molecule has 0 atom stereocenters. The Morgan fingerprint density at radius 1 is 1.13 bits per heavy atom. The Morgan fingerprint density at radius 2 is 1.87 bits per heavy atom. The zero-order valence-corrected chi connectivity index (χ0v) is 13.0. The van der Waals surface area contributed by atoms with Crippen LogP contribution in [0.5, 0.6) is 11.5 Å². The van der Waals surface area contributed by atoms with Crippen molar-refractivity contribution in [2.45, 2.75) is 0 Å². The second-order valence-corrected chi connectivity index (χ2v) is 4.60. The van der Waals surface area contributed by atoms with E-state index >= 15 is 0 Å². The van der Waals surface area contributed by atoms with Crippen LogP contribution in [0, 0.1) is 5.41 Å². The minimum atomic E-state index is -0.439. The monoisotopic (exact) mass is 314 g/mol. The molecule has 23 heavy (non-hydrogen) atoms. The molecule has 0 spiro atoms. The van der Waals surface area contributed by atoms with E-state index in [-0.39, 0.29) is 12.4 Å². The van der Waals surface area contributed by atoms with Crippen molar-refractivity contribution in [1.82, 2.24) is 0 Å². The van der Waals surface area contributed by atoms with Gasteiger partial charge in [-0.25, -0.2) is 4.79 Å². The number of rotatable bonds is 6. The quantitative estimate of drug-likeness (QED) is 0.487. The van der Waals surface area contributed by atoms with Crippen LogP contribution in [-0.4, -0.2) is 32.6 Å². The number of hydrogen-bond donors (Lipinski definition) is 2. The number of methoxy groups -OCH3 is 2. The van der Waals surface area contributed by atoms with Crippen molar-refractivity contribution >= 4 is 17.6 Å². The van der Waals surface area contributed by atoms with Gasteiger partial charge in [0, 0.05) is 0 Å². The van der Waals surface area contributed by atoms with Crippen molar-refractivity contribution in [2.24, 2.45) is 0 Å². The maximum Gasteiger partial charge on any atom is 0.337 e. The lowest BCUT2D eigenvalue weighted by Crippen LogP contribution is -2.19. The predicted octanol–water partition coefficient (Wildman–Crippen LogP) is 2.95. The number of carbonyl (C=O) groups is 1. The molecule has 0 unspecified atom stereocenters. The number of hydrogen-bond acceptors (Lipinski definition) is 6. The maximum absolute atomic E-state index is 11.6. The van der Waals surface area contributed by atoms with E-state index in [1.54, 1.807) is 30.3 Å². The second-order valence-electron chi connectivity index (χ2n) is 4.60. The topological polar surface area (TPSA) is 80.6 Å². The Morgan fingerprint density at radius 3 is 2.52 bits per heavy atom. The molecule has 2 N–H and O–H groups in total. The number of nitrogens with one attached hydrogen (secondary N) is 2.